The van der Waals surface area contributed by atoms with E-state index in [0.29, 0.717) is 30.2 Å². The number of halogens is 1. The molecule has 25 heavy (non-hydrogen) atoms. The molecule has 3 N–H and O–H groups in total. The highest BCUT2D eigenvalue weighted by atomic mass is 19.1. The lowest BCUT2D eigenvalue weighted by Crippen LogP contribution is -2.41. The minimum atomic E-state index is -0.353. The molecule has 0 atom stereocenters. The van der Waals surface area contributed by atoms with Crippen LogP contribution in [-0.4, -0.2) is 17.0 Å². The highest BCUT2D eigenvalue weighted by molar-refractivity contribution is 5.78. The highest BCUT2D eigenvalue weighted by Gasteiger charge is 2.13. The molecule has 0 spiro atoms. The summed E-state index contributed by atoms with van der Waals surface area (Å²) in [4.78, 5) is 8.62. The number of benzene rings is 1. The lowest BCUT2D eigenvalue weighted by atomic mass is 9.96. The number of pyridine rings is 1. The second-order valence-electron chi connectivity index (χ2n) is 6.21. The van der Waals surface area contributed by atoms with Crippen molar-refractivity contribution in [2.75, 3.05) is 0 Å². The van der Waals surface area contributed by atoms with Crippen LogP contribution >= 0.6 is 0 Å². The van der Waals surface area contributed by atoms with E-state index in [1.165, 1.54) is 31.4 Å². The Labute approximate surface area is 147 Å². The minimum Gasteiger partial charge on any atom is -0.439 e. The van der Waals surface area contributed by atoms with Crippen LogP contribution in [0.2, 0.25) is 0 Å². The van der Waals surface area contributed by atoms with Gasteiger partial charge in [-0.15, -0.1) is 0 Å². The van der Waals surface area contributed by atoms with E-state index in [1.807, 2.05) is 12.1 Å². The summed E-state index contributed by atoms with van der Waals surface area (Å²) in [5, 5.41) is 3.28. The number of nitrogens with one attached hydrogen (secondary N) is 1. The molecular formula is C19H23FN4O. The third-order valence-corrected chi connectivity index (χ3v) is 4.24. The van der Waals surface area contributed by atoms with Gasteiger partial charge in [-0.3, -0.25) is 0 Å². The molecule has 6 heteroatoms. The van der Waals surface area contributed by atoms with Crippen molar-refractivity contribution in [3.63, 3.8) is 0 Å². The van der Waals surface area contributed by atoms with E-state index in [9.17, 15) is 4.39 Å². The van der Waals surface area contributed by atoms with Gasteiger partial charge in [0.15, 0.2) is 5.96 Å². The van der Waals surface area contributed by atoms with E-state index in [2.05, 4.69) is 15.3 Å². The van der Waals surface area contributed by atoms with Gasteiger partial charge in [0.05, 0.1) is 6.54 Å². The number of nitrogens with zero attached hydrogens (tertiary/aromatic N) is 2. The first kappa shape index (κ1) is 17.2. The third-order valence-electron chi connectivity index (χ3n) is 4.24. The zero-order valence-electron chi connectivity index (χ0n) is 14.1. The Morgan fingerprint density at radius 2 is 2.08 bits per heavy atom. The summed E-state index contributed by atoms with van der Waals surface area (Å²) in [6, 6.07) is 10.1. The summed E-state index contributed by atoms with van der Waals surface area (Å²) in [6.45, 7) is 0.351. The van der Waals surface area contributed by atoms with Gasteiger partial charge >= 0.3 is 0 Å². The van der Waals surface area contributed by atoms with Gasteiger partial charge in [-0.25, -0.2) is 14.4 Å². The first-order valence-corrected chi connectivity index (χ1v) is 8.64. The molecule has 2 aromatic rings. The monoisotopic (exact) mass is 342 g/mol. The number of hydrogen-bond acceptors (Lipinski definition) is 3. The quantitative estimate of drug-likeness (QED) is 0.641. The topological polar surface area (TPSA) is 72.5 Å². The summed E-state index contributed by atoms with van der Waals surface area (Å²) in [6.07, 6.45) is 7.67. The molecule has 1 saturated carbocycles. The molecule has 1 aromatic heterocycles. The number of hydrogen-bond donors (Lipinski definition) is 2. The first-order chi connectivity index (χ1) is 12.2. The molecule has 3 rings (SSSR count). The number of nitrogens with two attached hydrogens (primary N) is 1. The molecule has 0 radical (unpaired) electrons. The maximum atomic E-state index is 13.3. The van der Waals surface area contributed by atoms with Crippen molar-refractivity contribution in [3.05, 3.63) is 54.0 Å². The summed E-state index contributed by atoms with van der Waals surface area (Å²) < 4.78 is 19.0. The van der Waals surface area contributed by atoms with Crippen LogP contribution in [0.5, 0.6) is 11.6 Å². The van der Waals surface area contributed by atoms with Gasteiger partial charge in [0.1, 0.15) is 11.6 Å². The van der Waals surface area contributed by atoms with Crippen molar-refractivity contribution >= 4 is 5.96 Å². The molecule has 1 aliphatic rings. The molecule has 5 nitrogen and oxygen atoms in total. The largest absolute Gasteiger partial charge is 0.439 e. The highest BCUT2D eigenvalue weighted by Crippen LogP contribution is 2.24. The second-order valence-corrected chi connectivity index (χ2v) is 6.21. The van der Waals surface area contributed by atoms with Crippen molar-refractivity contribution in [3.8, 4) is 11.6 Å². The Morgan fingerprint density at radius 3 is 2.88 bits per heavy atom. The first-order valence-electron chi connectivity index (χ1n) is 8.64. The molecule has 0 saturated heterocycles. The fraction of sp³-hybridized carbons (Fsp3) is 0.368. The SMILES string of the molecule is NC(=NCc1cccnc1Oc1cccc(F)c1)NC1CCCCC1. The molecule has 1 fully saturated rings. The average molecular weight is 342 g/mol. The zero-order valence-corrected chi connectivity index (χ0v) is 14.1. The normalized spacial score (nSPS) is 15.8. The number of guanidine groups is 1. The summed E-state index contributed by atoms with van der Waals surface area (Å²) in [7, 11) is 0. The van der Waals surface area contributed by atoms with Gasteiger partial charge in [-0.05, 0) is 31.0 Å². The second kappa shape index (κ2) is 8.46. The Balaban J connectivity index is 1.65. The van der Waals surface area contributed by atoms with E-state index >= 15 is 0 Å². The summed E-state index contributed by atoms with van der Waals surface area (Å²) >= 11 is 0. The van der Waals surface area contributed by atoms with Crippen molar-refractivity contribution < 1.29 is 9.13 Å². The van der Waals surface area contributed by atoms with Crippen LogP contribution in [0.3, 0.4) is 0 Å². The van der Waals surface area contributed by atoms with Crippen LogP contribution in [0.25, 0.3) is 0 Å². The molecule has 0 amide bonds. The lowest BCUT2D eigenvalue weighted by Gasteiger charge is -2.23. The maximum absolute atomic E-state index is 13.3. The Hall–Kier alpha value is -2.63. The third kappa shape index (κ3) is 5.17. The molecule has 0 unspecified atom stereocenters. The van der Waals surface area contributed by atoms with Crippen LogP contribution in [-0.2, 0) is 6.54 Å². The Kier molecular flexibility index (Phi) is 5.82. The molecule has 1 aromatic carbocycles. The smallest absolute Gasteiger partial charge is 0.224 e. The molecule has 0 aliphatic heterocycles. The number of aliphatic imine (C=N–C) groups is 1. The zero-order chi connectivity index (χ0) is 17.5. The average Bonchev–Trinajstić information content (AvgIpc) is 2.62. The predicted octanol–water partition coefficient (Wildman–Crippen LogP) is 3.75. The van der Waals surface area contributed by atoms with Crippen LogP contribution in [0.15, 0.2) is 47.6 Å². The van der Waals surface area contributed by atoms with E-state index in [0.717, 1.165) is 18.4 Å². The van der Waals surface area contributed by atoms with Crippen molar-refractivity contribution in [1.29, 1.82) is 0 Å². The number of rotatable bonds is 5. The summed E-state index contributed by atoms with van der Waals surface area (Å²) in [5.74, 6) is 0.890. The van der Waals surface area contributed by atoms with Crippen LogP contribution in [0.4, 0.5) is 4.39 Å². The fourth-order valence-electron chi connectivity index (χ4n) is 2.95. The van der Waals surface area contributed by atoms with Gasteiger partial charge in [-0.1, -0.05) is 31.4 Å². The molecule has 0 bridgehead atoms. The van der Waals surface area contributed by atoms with E-state index < -0.39 is 0 Å². The molecular weight excluding hydrogens is 319 g/mol. The lowest BCUT2D eigenvalue weighted by molar-refractivity contribution is 0.412. The van der Waals surface area contributed by atoms with Crippen LogP contribution in [0.1, 0.15) is 37.7 Å². The number of ether oxygens (including phenoxy) is 1. The molecule has 132 valence electrons. The van der Waals surface area contributed by atoms with Crippen LogP contribution in [0, 0.1) is 5.82 Å². The summed E-state index contributed by atoms with van der Waals surface area (Å²) in [5.41, 5.74) is 6.79. The van der Waals surface area contributed by atoms with Crippen molar-refractivity contribution in [2.24, 2.45) is 10.7 Å². The Morgan fingerprint density at radius 1 is 1.24 bits per heavy atom. The van der Waals surface area contributed by atoms with E-state index in [4.69, 9.17) is 10.5 Å². The van der Waals surface area contributed by atoms with Gasteiger partial charge in [0.2, 0.25) is 5.88 Å². The predicted molar refractivity (Wildman–Crippen MR) is 96.0 cm³/mol. The standard InChI is InChI=1S/C19H23FN4O/c20-15-7-4-10-17(12-15)25-18-14(6-5-11-22-18)13-23-19(21)24-16-8-2-1-3-9-16/h4-7,10-12,16H,1-3,8-9,13H2,(H3,21,23,24). The molecule has 1 heterocycles. The minimum absolute atomic E-state index is 0.351. The fourth-order valence-corrected chi connectivity index (χ4v) is 2.95. The van der Waals surface area contributed by atoms with Gasteiger partial charge in [-0.2, -0.15) is 0 Å². The molecule has 1 aliphatic carbocycles. The van der Waals surface area contributed by atoms with E-state index in [1.54, 1.807) is 18.3 Å². The van der Waals surface area contributed by atoms with Gasteiger partial charge in [0.25, 0.3) is 0 Å². The van der Waals surface area contributed by atoms with Gasteiger partial charge in [0, 0.05) is 23.9 Å². The maximum Gasteiger partial charge on any atom is 0.224 e. The Bertz CT molecular complexity index is 729. The van der Waals surface area contributed by atoms with Gasteiger partial charge < -0.3 is 15.8 Å². The number of aromatic nitrogens is 1. The van der Waals surface area contributed by atoms with Crippen LogP contribution < -0.4 is 15.8 Å². The van der Waals surface area contributed by atoms with E-state index in [-0.39, 0.29) is 5.82 Å². The van der Waals surface area contributed by atoms with Crippen molar-refractivity contribution in [2.45, 2.75) is 44.7 Å². The van der Waals surface area contributed by atoms with Crippen molar-refractivity contribution in [1.82, 2.24) is 10.3 Å².